The van der Waals surface area contributed by atoms with Crippen molar-refractivity contribution in [3.8, 4) is 0 Å². The summed E-state index contributed by atoms with van der Waals surface area (Å²) in [7, 11) is 0.122. The lowest BCUT2D eigenvalue weighted by atomic mass is 10.0. The average molecular weight is 537 g/mol. The molecule has 0 heterocycles. The third-order valence-electron chi connectivity index (χ3n) is 6.37. The molecule has 0 saturated heterocycles. The molecule has 0 saturated carbocycles. The van der Waals surface area contributed by atoms with E-state index in [-0.39, 0.29) is 25.3 Å². The average Bonchev–Trinajstić information content (AvgIpc) is 2.82. The van der Waals surface area contributed by atoms with E-state index in [0.29, 0.717) is 31.9 Å². The number of ether oxygens (including phenoxy) is 2. The van der Waals surface area contributed by atoms with E-state index in [9.17, 15) is 14.3 Å². The van der Waals surface area contributed by atoms with Crippen molar-refractivity contribution in [3.63, 3.8) is 0 Å². The molecular formula is C28H59NO6P+. The van der Waals surface area contributed by atoms with Crippen LogP contribution in [0.15, 0.2) is 0 Å². The van der Waals surface area contributed by atoms with Crippen LogP contribution in [0.4, 0.5) is 0 Å². The predicted octanol–water partition coefficient (Wildman–Crippen LogP) is 5.79. The number of nitrogens with one attached hydrogen (secondary N) is 1. The summed E-state index contributed by atoms with van der Waals surface area (Å²) in [5, 5.41) is 0. The largest absolute Gasteiger partial charge is 0.457 e. The van der Waals surface area contributed by atoms with Gasteiger partial charge in [0.2, 0.25) is 0 Å². The quantitative estimate of drug-likeness (QED) is 0.0827. The third kappa shape index (κ3) is 23.9. The first-order chi connectivity index (χ1) is 17.2. The van der Waals surface area contributed by atoms with Crippen LogP contribution < -0.4 is 4.90 Å². The van der Waals surface area contributed by atoms with Gasteiger partial charge in [-0.2, -0.15) is 0 Å². The lowest BCUT2D eigenvalue weighted by molar-refractivity contribution is -0.855. The smallest absolute Gasteiger partial charge is 0.333 e. The number of carbonyl (C=O) groups excluding carboxylic acids is 1. The Balaban J connectivity index is 4.03. The van der Waals surface area contributed by atoms with Crippen molar-refractivity contribution in [2.75, 3.05) is 46.6 Å². The molecule has 0 aliphatic rings. The van der Waals surface area contributed by atoms with E-state index in [1.165, 1.54) is 77.0 Å². The molecule has 0 fully saturated rings. The summed E-state index contributed by atoms with van der Waals surface area (Å²) < 4.78 is 28.8. The first kappa shape index (κ1) is 35.5. The van der Waals surface area contributed by atoms with Crippen LogP contribution in [0.2, 0.25) is 0 Å². The number of carbonyl (C=O) groups is 1. The summed E-state index contributed by atoms with van der Waals surface area (Å²) in [4.78, 5) is 23.1. The summed E-state index contributed by atoms with van der Waals surface area (Å²) in [6, 6.07) is 0. The van der Waals surface area contributed by atoms with E-state index < -0.39 is 13.7 Å². The molecule has 0 radical (unpaired) electrons. The van der Waals surface area contributed by atoms with Gasteiger partial charge in [-0.1, -0.05) is 97.8 Å². The lowest BCUT2D eigenvalue weighted by Crippen LogP contribution is -3.06. The number of rotatable bonds is 26. The van der Waals surface area contributed by atoms with Gasteiger partial charge in [0.25, 0.3) is 0 Å². The Hall–Kier alpha value is -0.460. The van der Waals surface area contributed by atoms with Crippen molar-refractivity contribution >= 4 is 13.6 Å². The molecule has 0 aliphatic heterocycles. The Morgan fingerprint density at radius 1 is 0.833 bits per heavy atom. The normalized spacial score (nSPS) is 15.1. The Morgan fingerprint density at radius 3 is 1.92 bits per heavy atom. The summed E-state index contributed by atoms with van der Waals surface area (Å²) in [5.41, 5.74) is 0. The summed E-state index contributed by atoms with van der Waals surface area (Å²) in [5.74, 6) is 0.0952. The van der Waals surface area contributed by atoms with Gasteiger partial charge in [-0.3, -0.25) is 9.36 Å². The van der Waals surface area contributed by atoms with E-state index in [1.54, 1.807) is 0 Å². The maximum Gasteiger partial charge on any atom is 0.333 e. The SMILES string of the molecule is CCCCCCCCCCCCCCC(C)COCC(COP(=O)(O)CC[NH+](C)C)OC(=O)CCC. The van der Waals surface area contributed by atoms with E-state index in [1.807, 2.05) is 21.0 Å². The van der Waals surface area contributed by atoms with Gasteiger partial charge < -0.3 is 23.8 Å². The highest BCUT2D eigenvalue weighted by Crippen LogP contribution is 2.41. The zero-order valence-corrected chi connectivity index (χ0v) is 25.1. The molecule has 3 unspecified atom stereocenters. The second kappa shape index (κ2) is 23.6. The number of hydrogen-bond acceptors (Lipinski definition) is 5. The van der Waals surface area contributed by atoms with Crippen molar-refractivity contribution in [3.05, 3.63) is 0 Å². The molecular weight excluding hydrogens is 477 g/mol. The minimum atomic E-state index is -3.72. The molecule has 0 spiro atoms. The van der Waals surface area contributed by atoms with Gasteiger partial charge in [0.15, 0.2) is 0 Å². The van der Waals surface area contributed by atoms with Crippen LogP contribution in [0.25, 0.3) is 0 Å². The van der Waals surface area contributed by atoms with Crippen LogP contribution in [-0.4, -0.2) is 63.6 Å². The van der Waals surface area contributed by atoms with Crippen LogP contribution in [-0.2, 0) is 23.4 Å². The molecule has 0 aliphatic carbocycles. The number of esters is 1. The van der Waals surface area contributed by atoms with Crippen LogP contribution in [0, 0.1) is 5.92 Å². The molecule has 0 amide bonds. The highest BCUT2D eigenvalue weighted by atomic mass is 31.2. The minimum Gasteiger partial charge on any atom is -0.457 e. The molecule has 2 N–H and O–H groups in total. The number of quaternary nitrogens is 1. The van der Waals surface area contributed by atoms with E-state index in [4.69, 9.17) is 14.0 Å². The van der Waals surface area contributed by atoms with Crippen LogP contribution in [0.5, 0.6) is 0 Å². The Labute approximate surface area is 222 Å². The first-order valence-corrected chi connectivity index (χ1v) is 16.5. The van der Waals surface area contributed by atoms with Gasteiger partial charge in [0.1, 0.15) is 6.10 Å². The maximum absolute atomic E-state index is 12.2. The number of unbranched alkanes of at least 4 members (excludes halogenated alkanes) is 11. The van der Waals surface area contributed by atoms with Gasteiger partial charge in [0, 0.05) is 13.0 Å². The van der Waals surface area contributed by atoms with Crippen molar-refractivity contribution in [2.45, 2.75) is 123 Å². The second-order valence-electron chi connectivity index (χ2n) is 10.8. The topological polar surface area (TPSA) is 86.5 Å². The fourth-order valence-electron chi connectivity index (χ4n) is 4.01. The van der Waals surface area contributed by atoms with Crippen LogP contribution in [0.3, 0.4) is 0 Å². The molecule has 216 valence electrons. The predicted molar refractivity (Wildman–Crippen MR) is 149 cm³/mol. The Morgan fingerprint density at radius 2 is 1.39 bits per heavy atom. The van der Waals surface area contributed by atoms with Gasteiger partial charge in [0.05, 0.1) is 40.0 Å². The highest BCUT2D eigenvalue weighted by molar-refractivity contribution is 7.52. The van der Waals surface area contributed by atoms with Gasteiger partial charge in [-0.15, -0.1) is 0 Å². The molecule has 3 atom stereocenters. The fourth-order valence-corrected chi connectivity index (χ4v) is 5.27. The van der Waals surface area contributed by atoms with Gasteiger partial charge in [-0.25, -0.2) is 0 Å². The van der Waals surface area contributed by atoms with Crippen molar-refractivity contribution < 1.29 is 33.2 Å². The molecule has 8 heteroatoms. The number of hydrogen-bond donors (Lipinski definition) is 2. The van der Waals surface area contributed by atoms with Crippen molar-refractivity contribution in [1.29, 1.82) is 0 Å². The Kier molecular flexibility index (Phi) is 23.3. The second-order valence-corrected chi connectivity index (χ2v) is 12.8. The van der Waals surface area contributed by atoms with Gasteiger partial charge >= 0.3 is 13.6 Å². The Bertz CT molecular complexity index is 560. The molecule has 0 aromatic carbocycles. The maximum atomic E-state index is 12.2. The zero-order chi connectivity index (χ0) is 27.1. The fraction of sp³-hybridized carbons (Fsp3) is 0.964. The molecule has 7 nitrogen and oxygen atoms in total. The summed E-state index contributed by atoms with van der Waals surface area (Å²) >= 11 is 0. The van der Waals surface area contributed by atoms with Crippen LogP contribution in [0.1, 0.15) is 117 Å². The molecule has 0 aromatic rings. The lowest BCUT2D eigenvalue weighted by Gasteiger charge is -2.21. The standard InChI is InChI=1S/C28H58NO6P/c1-6-8-9-10-11-12-13-14-15-16-17-18-20-26(3)23-33-24-27(35-28(30)19-7-2)25-34-36(31,32)22-21-29(4)5/h26-27H,6-25H2,1-5H3,(H,31,32)/p+1. The summed E-state index contributed by atoms with van der Waals surface area (Å²) in [6.45, 7) is 7.52. The molecule has 36 heavy (non-hydrogen) atoms. The van der Waals surface area contributed by atoms with E-state index >= 15 is 0 Å². The molecule has 0 aromatic heterocycles. The van der Waals surface area contributed by atoms with E-state index in [2.05, 4.69) is 13.8 Å². The minimum absolute atomic E-state index is 0.0713. The van der Waals surface area contributed by atoms with Crippen molar-refractivity contribution in [2.24, 2.45) is 5.92 Å². The molecule has 0 bridgehead atoms. The first-order valence-electron chi connectivity index (χ1n) is 14.7. The van der Waals surface area contributed by atoms with Crippen LogP contribution >= 0.6 is 7.60 Å². The monoisotopic (exact) mass is 536 g/mol. The highest BCUT2D eigenvalue weighted by Gasteiger charge is 2.25. The third-order valence-corrected chi connectivity index (χ3v) is 7.71. The van der Waals surface area contributed by atoms with E-state index in [0.717, 1.165) is 11.3 Å². The van der Waals surface area contributed by atoms with Crippen molar-refractivity contribution in [1.82, 2.24) is 0 Å². The summed E-state index contributed by atoms with van der Waals surface area (Å²) in [6.07, 6.45) is 17.7. The molecule has 0 rings (SSSR count). The zero-order valence-electron chi connectivity index (χ0n) is 24.2. The van der Waals surface area contributed by atoms with Gasteiger partial charge in [-0.05, 0) is 18.8 Å².